The summed E-state index contributed by atoms with van der Waals surface area (Å²) in [6.45, 7) is 5.16. The molecular weight excluding hydrogens is 231 g/mol. The quantitative estimate of drug-likeness (QED) is 0.885. The second kappa shape index (κ2) is 4.83. The molecule has 0 aliphatic carbocycles. The standard InChI is InChI=1S/C12H14ClFO2/c1-6-5-10(13)11(14)9(8(6)3)4-7(2)12(15)16/h5,7H,4H2,1-3H3,(H,15,16). The van der Waals surface area contributed by atoms with Crippen molar-refractivity contribution in [1.29, 1.82) is 0 Å². The molecule has 1 unspecified atom stereocenters. The zero-order chi connectivity index (χ0) is 12.5. The van der Waals surface area contributed by atoms with Crippen molar-refractivity contribution in [2.75, 3.05) is 0 Å². The van der Waals surface area contributed by atoms with Gasteiger partial charge in [0.1, 0.15) is 5.82 Å². The molecule has 4 heteroatoms. The summed E-state index contributed by atoms with van der Waals surface area (Å²) in [6, 6.07) is 1.56. The van der Waals surface area contributed by atoms with Gasteiger partial charge in [-0.3, -0.25) is 4.79 Å². The Morgan fingerprint density at radius 3 is 2.62 bits per heavy atom. The lowest BCUT2D eigenvalue weighted by molar-refractivity contribution is -0.141. The highest BCUT2D eigenvalue weighted by atomic mass is 35.5. The molecule has 88 valence electrons. The molecule has 1 atom stereocenters. The highest BCUT2D eigenvalue weighted by Gasteiger charge is 2.18. The van der Waals surface area contributed by atoms with Gasteiger partial charge in [-0.15, -0.1) is 0 Å². The molecule has 1 aromatic carbocycles. The third-order valence-electron chi connectivity index (χ3n) is 2.79. The van der Waals surface area contributed by atoms with Gasteiger partial charge in [0.2, 0.25) is 0 Å². The molecule has 0 amide bonds. The van der Waals surface area contributed by atoms with Gasteiger partial charge in [-0.05, 0) is 43.0 Å². The maximum absolute atomic E-state index is 13.7. The Morgan fingerprint density at radius 2 is 2.12 bits per heavy atom. The molecule has 0 aromatic heterocycles. The van der Waals surface area contributed by atoms with E-state index in [4.69, 9.17) is 16.7 Å². The van der Waals surface area contributed by atoms with Crippen LogP contribution in [-0.4, -0.2) is 11.1 Å². The minimum Gasteiger partial charge on any atom is -0.481 e. The zero-order valence-electron chi connectivity index (χ0n) is 9.47. The Balaban J connectivity index is 3.17. The van der Waals surface area contributed by atoms with Gasteiger partial charge in [0, 0.05) is 0 Å². The summed E-state index contributed by atoms with van der Waals surface area (Å²) in [5.41, 5.74) is 2.05. The Bertz CT molecular complexity index is 403. The molecule has 0 spiro atoms. The molecule has 0 saturated carbocycles. The van der Waals surface area contributed by atoms with Gasteiger partial charge >= 0.3 is 5.97 Å². The second-order valence-electron chi connectivity index (χ2n) is 4.04. The van der Waals surface area contributed by atoms with E-state index in [2.05, 4.69) is 0 Å². The van der Waals surface area contributed by atoms with E-state index in [9.17, 15) is 9.18 Å². The van der Waals surface area contributed by atoms with Gasteiger partial charge < -0.3 is 5.11 Å². The predicted molar refractivity (Wildman–Crippen MR) is 61.4 cm³/mol. The highest BCUT2D eigenvalue weighted by Crippen LogP contribution is 2.26. The largest absolute Gasteiger partial charge is 0.481 e. The Kier molecular flexibility index (Phi) is 3.92. The molecule has 0 bridgehead atoms. The van der Waals surface area contributed by atoms with E-state index >= 15 is 0 Å². The number of rotatable bonds is 3. The summed E-state index contributed by atoms with van der Waals surface area (Å²) in [4.78, 5) is 10.7. The summed E-state index contributed by atoms with van der Waals surface area (Å²) < 4.78 is 13.7. The minimum atomic E-state index is -0.934. The monoisotopic (exact) mass is 244 g/mol. The lowest BCUT2D eigenvalue weighted by Crippen LogP contribution is -2.14. The van der Waals surface area contributed by atoms with E-state index in [1.807, 2.05) is 6.92 Å². The van der Waals surface area contributed by atoms with Crippen molar-refractivity contribution in [1.82, 2.24) is 0 Å². The first-order chi connectivity index (χ1) is 7.34. The number of carbonyl (C=O) groups is 1. The number of hydrogen-bond donors (Lipinski definition) is 1. The Hall–Kier alpha value is -1.09. The van der Waals surface area contributed by atoms with Crippen molar-refractivity contribution in [3.05, 3.63) is 33.6 Å². The topological polar surface area (TPSA) is 37.3 Å². The van der Waals surface area contributed by atoms with Crippen LogP contribution in [0.2, 0.25) is 5.02 Å². The average molecular weight is 245 g/mol. The Morgan fingerprint density at radius 1 is 1.56 bits per heavy atom. The van der Waals surface area contributed by atoms with E-state index in [-0.39, 0.29) is 11.4 Å². The van der Waals surface area contributed by atoms with Crippen LogP contribution >= 0.6 is 11.6 Å². The summed E-state index contributed by atoms with van der Waals surface area (Å²) >= 11 is 5.73. The number of aliphatic carboxylic acids is 1. The van der Waals surface area contributed by atoms with Crippen LogP contribution in [0.4, 0.5) is 4.39 Å². The van der Waals surface area contributed by atoms with Crippen molar-refractivity contribution in [2.45, 2.75) is 27.2 Å². The van der Waals surface area contributed by atoms with Gasteiger partial charge in [0.15, 0.2) is 0 Å². The predicted octanol–water partition coefficient (Wildman–Crippen LogP) is 3.36. The van der Waals surface area contributed by atoms with Crippen LogP contribution in [-0.2, 0) is 11.2 Å². The lowest BCUT2D eigenvalue weighted by Gasteiger charge is -2.13. The molecule has 0 heterocycles. The second-order valence-corrected chi connectivity index (χ2v) is 4.44. The number of hydrogen-bond acceptors (Lipinski definition) is 1. The van der Waals surface area contributed by atoms with Crippen molar-refractivity contribution in [2.24, 2.45) is 5.92 Å². The van der Waals surface area contributed by atoms with Gasteiger partial charge in [-0.2, -0.15) is 0 Å². The Labute approximate surface area is 99.0 Å². The van der Waals surface area contributed by atoms with Crippen LogP contribution in [0, 0.1) is 25.6 Å². The fourth-order valence-corrected chi connectivity index (χ4v) is 1.82. The average Bonchev–Trinajstić information content (AvgIpc) is 2.21. The van der Waals surface area contributed by atoms with E-state index < -0.39 is 17.7 Å². The molecule has 1 rings (SSSR count). The van der Waals surface area contributed by atoms with Crippen LogP contribution in [0.3, 0.4) is 0 Å². The molecule has 0 fully saturated rings. The number of carboxylic acid groups (broad SMARTS) is 1. The van der Waals surface area contributed by atoms with E-state index in [0.29, 0.717) is 5.56 Å². The number of benzene rings is 1. The first kappa shape index (κ1) is 13.0. The van der Waals surface area contributed by atoms with E-state index in [1.54, 1.807) is 19.9 Å². The minimum absolute atomic E-state index is 0.0516. The SMILES string of the molecule is Cc1cc(Cl)c(F)c(CC(C)C(=O)O)c1C. The van der Waals surface area contributed by atoms with Crippen molar-refractivity contribution in [3.63, 3.8) is 0 Å². The van der Waals surface area contributed by atoms with Crippen LogP contribution < -0.4 is 0 Å². The van der Waals surface area contributed by atoms with Crippen LogP contribution in [0.5, 0.6) is 0 Å². The third-order valence-corrected chi connectivity index (χ3v) is 3.07. The molecule has 0 radical (unpaired) electrons. The van der Waals surface area contributed by atoms with Crippen LogP contribution in [0.1, 0.15) is 23.6 Å². The van der Waals surface area contributed by atoms with Crippen molar-refractivity contribution < 1.29 is 14.3 Å². The summed E-state index contributed by atoms with van der Waals surface area (Å²) in [7, 11) is 0. The zero-order valence-corrected chi connectivity index (χ0v) is 10.2. The fraction of sp³-hybridized carbons (Fsp3) is 0.417. The van der Waals surface area contributed by atoms with Gasteiger partial charge in [0.05, 0.1) is 10.9 Å². The van der Waals surface area contributed by atoms with Crippen LogP contribution in [0.15, 0.2) is 6.07 Å². The molecule has 0 saturated heterocycles. The normalized spacial score (nSPS) is 12.6. The summed E-state index contributed by atoms with van der Waals surface area (Å²) in [6.07, 6.45) is 0.161. The smallest absolute Gasteiger partial charge is 0.306 e. The van der Waals surface area contributed by atoms with E-state index in [1.165, 1.54) is 0 Å². The van der Waals surface area contributed by atoms with Crippen molar-refractivity contribution in [3.8, 4) is 0 Å². The van der Waals surface area contributed by atoms with Gasteiger partial charge in [-0.25, -0.2) is 4.39 Å². The van der Waals surface area contributed by atoms with Gasteiger partial charge in [-0.1, -0.05) is 18.5 Å². The molecule has 1 aromatic rings. The molecule has 0 aliphatic heterocycles. The van der Waals surface area contributed by atoms with Gasteiger partial charge in [0.25, 0.3) is 0 Å². The molecule has 16 heavy (non-hydrogen) atoms. The maximum Gasteiger partial charge on any atom is 0.306 e. The maximum atomic E-state index is 13.7. The number of aryl methyl sites for hydroxylation is 1. The molecular formula is C12H14ClFO2. The number of halogens is 2. The summed E-state index contributed by atoms with van der Waals surface area (Å²) in [5.74, 6) is -2.06. The lowest BCUT2D eigenvalue weighted by atomic mass is 9.94. The highest BCUT2D eigenvalue weighted by molar-refractivity contribution is 6.30. The molecule has 0 aliphatic rings. The molecule has 2 nitrogen and oxygen atoms in total. The molecule has 1 N–H and O–H groups in total. The van der Waals surface area contributed by atoms with E-state index in [0.717, 1.165) is 11.1 Å². The van der Waals surface area contributed by atoms with Crippen LogP contribution in [0.25, 0.3) is 0 Å². The third kappa shape index (κ3) is 2.53. The first-order valence-electron chi connectivity index (χ1n) is 5.01. The number of carboxylic acids is 1. The van der Waals surface area contributed by atoms with Crippen molar-refractivity contribution >= 4 is 17.6 Å². The summed E-state index contributed by atoms with van der Waals surface area (Å²) in [5, 5.41) is 8.86. The fourth-order valence-electron chi connectivity index (χ4n) is 1.54. The first-order valence-corrected chi connectivity index (χ1v) is 5.39.